The number of piperazine rings is 1. The number of hydrogen-bond donors (Lipinski definition) is 2. The van der Waals surface area contributed by atoms with Crippen LogP contribution in [-0.2, 0) is 22.6 Å². The average molecular weight is 514 g/mol. The molecular formula is C24H27ClF3N3O4. The minimum Gasteiger partial charge on any atom is -0.475 e. The van der Waals surface area contributed by atoms with Gasteiger partial charge in [0.15, 0.2) is 0 Å². The Morgan fingerprint density at radius 1 is 1.00 bits per heavy atom. The first-order chi connectivity index (χ1) is 16.5. The van der Waals surface area contributed by atoms with E-state index in [1.165, 1.54) is 5.56 Å². The third-order valence-electron chi connectivity index (χ3n) is 5.22. The van der Waals surface area contributed by atoms with E-state index in [4.69, 9.17) is 21.5 Å². The molecule has 2 N–H and O–H groups in total. The van der Waals surface area contributed by atoms with E-state index in [1.54, 1.807) is 29.2 Å². The second-order valence-electron chi connectivity index (χ2n) is 7.77. The Morgan fingerprint density at radius 3 is 2.00 bits per heavy atom. The van der Waals surface area contributed by atoms with Crippen LogP contribution in [0.15, 0.2) is 48.5 Å². The molecule has 0 unspecified atom stereocenters. The zero-order valence-corrected chi connectivity index (χ0v) is 19.9. The van der Waals surface area contributed by atoms with Gasteiger partial charge in [-0.2, -0.15) is 13.2 Å². The van der Waals surface area contributed by atoms with Crippen molar-refractivity contribution in [2.24, 2.45) is 0 Å². The minimum absolute atomic E-state index is 0.0195. The zero-order valence-electron chi connectivity index (χ0n) is 19.1. The predicted molar refractivity (Wildman–Crippen MR) is 125 cm³/mol. The quantitative estimate of drug-likeness (QED) is 0.616. The highest BCUT2D eigenvalue weighted by atomic mass is 35.5. The summed E-state index contributed by atoms with van der Waals surface area (Å²) in [6, 6.07) is 15.0. The van der Waals surface area contributed by atoms with Crippen molar-refractivity contribution in [3.8, 4) is 0 Å². The maximum absolute atomic E-state index is 13.1. The molecule has 0 saturated carbocycles. The second-order valence-corrected chi connectivity index (χ2v) is 8.21. The highest BCUT2D eigenvalue weighted by molar-refractivity contribution is 6.30. The van der Waals surface area contributed by atoms with Crippen molar-refractivity contribution in [1.29, 1.82) is 0 Å². The first-order valence-electron chi connectivity index (χ1n) is 10.9. The van der Waals surface area contributed by atoms with E-state index < -0.39 is 12.1 Å². The molecule has 190 valence electrons. The number of aliphatic carboxylic acids is 1. The number of benzene rings is 2. The van der Waals surface area contributed by atoms with Crippen LogP contribution in [0.5, 0.6) is 0 Å². The van der Waals surface area contributed by atoms with Crippen molar-refractivity contribution in [3.05, 3.63) is 70.2 Å². The number of nitrogens with one attached hydrogen (secondary N) is 1. The molecule has 1 fully saturated rings. The smallest absolute Gasteiger partial charge is 0.475 e. The van der Waals surface area contributed by atoms with Crippen LogP contribution in [0.25, 0.3) is 0 Å². The monoisotopic (exact) mass is 513 g/mol. The molecule has 0 spiro atoms. The summed E-state index contributed by atoms with van der Waals surface area (Å²) < 4.78 is 31.7. The SMILES string of the molecule is CCc1ccc(CN(CC(=O)N2CCNCC2)C(=O)c2ccc(Cl)cc2)cc1.O=C(O)C(F)(F)F. The summed E-state index contributed by atoms with van der Waals surface area (Å²) in [6.07, 6.45) is -4.12. The van der Waals surface area contributed by atoms with Crippen molar-refractivity contribution in [1.82, 2.24) is 15.1 Å². The Kier molecular flexibility index (Phi) is 10.5. The van der Waals surface area contributed by atoms with Gasteiger partial charge in [-0.05, 0) is 41.8 Å². The topological polar surface area (TPSA) is 90.0 Å². The summed E-state index contributed by atoms with van der Waals surface area (Å²) >= 11 is 5.95. The Labute approximate surface area is 206 Å². The summed E-state index contributed by atoms with van der Waals surface area (Å²) in [5.41, 5.74) is 2.78. The summed E-state index contributed by atoms with van der Waals surface area (Å²) in [4.78, 5) is 38.2. The van der Waals surface area contributed by atoms with E-state index in [0.29, 0.717) is 30.2 Å². The van der Waals surface area contributed by atoms with E-state index in [0.717, 1.165) is 25.1 Å². The number of alkyl halides is 3. The Bertz CT molecular complexity index is 993. The first kappa shape index (κ1) is 28.1. The first-order valence-corrected chi connectivity index (χ1v) is 11.3. The third-order valence-corrected chi connectivity index (χ3v) is 5.47. The van der Waals surface area contributed by atoms with E-state index in [1.807, 2.05) is 17.0 Å². The molecule has 0 atom stereocenters. The number of carboxylic acids is 1. The van der Waals surface area contributed by atoms with Gasteiger partial charge in [0.2, 0.25) is 5.91 Å². The van der Waals surface area contributed by atoms with Crippen LogP contribution >= 0.6 is 11.6 Å². The Hall–Kier alpha value is -3.11. The molecule has 35 heavy (non-hydrogen) atoms. The lowest BCUT2D eigenvalue weighted by Gasteiger charge is -2.30. The van der Waals surface area contributed by atoms with Gasteiger partial charge in [-0.25, -0.2) is 4.79 Å². The van der Waals surface area contributed by atoms with Gasteiger partial charge in [0.05, 0.1) is 0 Å². The maximum Gasteiger partial charge on any atom is 0.490 e. The highest BCUT2D eigenvalue weighted by Gasteiger charge is 2.38. The summed E-state index contributed by atoms with van der Waals surface area (Å²) in [6.45, 7) is 5.49. The lowest BCUT2D eigenvalue weighted by Crippen LogP contribution is -2.50. The van der Waals surface area contributed by atoms with Crippen LogP contribution in [-0.4, -0.2) is 71.6 Å². The van der Waals surface area contributed by atoms with Crippen LogP contribution in [0, 0.1) is 0 Å². The molecule has 0 aliphatic carbocycles. The summed E-state index contributed by atoms with van der Waals surface area (Å²) in [7, 11) is 0. The lowest BCUT2D eigenvalue weighted by atomic mass is 10.1. The third kappa shape index (κ3) is 9.22. The normalized spacial score (nSPS) is 13.5. The molecule has 2 aromatic carbocycles. The fraction of sp³-hybridized carbons (Fsp3) is 0.375. The minimum atomic E-state index is -5.08. The molecule has 7 nitrogen and oxygen atoms in total. The van der Waals surface area contributed by atoms with Crippen LogP contribution in [0.1, 0.15) is 28.4 Å². The van der Waals surface area contributed by atoms with E-state index in [9.17, 15) is 22.8 Å². The second kappa shape index (κ2) is 13.1. The van der Waals surface area contributed by atoms with E-state index in [-0.39, 0.29) is 18.4 Å². The molecule has 3 rings (SSSR count). The van der Waals surface area contributed by atoms with Gasteiger partial charge >= 0.3 is 12.1 Å². The van der Waals surface area contributed by atoms with Gasteiger partial charge in [0, 0.05) is 43.3 Å². The van der Waals surface area contributed by atoms with Crippen molar-refractivity contribution in [2.75, 3.05) is 32.7 Å². The number of amides is 2. The molecular weight excluding hydrogens is 487 g/mol. The average Bonchev–Trinajstić information content (AvgIpc) is 2.84. The molecule has 2 aromatic rings. The number of carbonyl (C=O) groups excluding carboxylic acids is 2. The summed E-state index contributed by atoms with van der Waals surface area (Å²) in [5.74, 6) is -2.94. The van der Waals surface area contributed by atoms with Gasteiger partial charge < -0.3 is 20.2 Å². The number of nitrogens with zero attached hydrogens (tertiary/aromatic N) is 2. The Balaban J connectivity index is 0.000000540. The Morgan fingerprint density at radius 2 is 1.51 bits per heavy atom. The molecule has 0 radical (unpaired) electrons. The standard InChI is InChI=1S/C22H26ClN3O2.C2HF3O2/c1-2-17-3-5-18(6-4-17)15-26(16-21(27)25-13-11-24-12-14-25)22(28)19-7-9-20(23)10-8-19;3-2(4,5)1(6)7/h3-10,24H,2,11-16H2,1H3;(H,6,7). The van der Waals surface area contributed by atoms with E-state index >= 15 is 0 Å². The van der Waals surface area contributed by atoms with Gasteiger partial charge in [0.1, 0.15) is 6.54 Å². The van der Waals surface area contributed by atoms with Crippen molar-refractivity contribution in [2.45, 2.75) is 26.1 Å². The number of rotatable bonds is 6. The number of carbonyl (C=O) groups is 3. The van der Waals surface area contributed by atoms with Gasteiger partial charge in [0.25, 0.3) is 5.91 Å². The maximum atomic E-state index is 13.1. The molecule has 11 heteroatoms. The number of aryl methyl sites for hydroxylation is 1. The predicted octanol–water partition coefficient (Wildman–Crippen LogP) is 3.61. The largest absolute Gasteiger partial charge is 0.490 e. The number of halogens is 4. The van der Waals surface area contributed by atoms with Crippen molar-refractivity contribution >= 4 is 29.4 Å². The van der Waals surface area contributed by atoms with Gasteiger partial charge in [-0.3, -0.25) is 9.59 Å². The molecule has 1 saturated heterocycles. The van der Waals surface area contributed by atoms with E-state index in [2.05, 4.69) is 24.4 Å². The fourth-order valence-electron chi connectivity index (χ4n) is 3.25. The molecule has 2 amide bonds. The fourth-order valence-corrected chi connectivity index (χ4v) is 3.38. The molecule has 1 heterocycles. The van der Waals surface area contributed by atoms with Crippen molar-refractivity contribution in [3.63, 3.8) is 0 Å². The van der Waals surface area contributed by atoms with Crippen LogP contribution < -0.4 is 5.32 Å². The number of hydrogen-bond acceptors (Lipinski definition) is 4. The van der Waals surface area contributed by atoms with Gasteiger partial charge in [-0.15, -0.1) is 0 Å². The lowest BCUT2D eigenvalue weighted by molar-refractivity contribution is -0.192. The van der Waals surface area contributed by atoms with Crippen molar-refractivity contribution < 1.29 is 32.7 Å². The molecule has 0 aromatic heterocycles. The van der Waals surface area contributed by atoms with Crippen LogP contribution in [0.2, 0.25) is 5.02 Å². The highest BCUT2D eigenvalue weighted by Crippen LogP contribution is 2.15. The van der Waals surface area contributed by atoms with Crippen LogP contribution in [0.4, 0.5) is 13.2 Å². The molecule has 1 aliphatic rings. The summed E-state index contributed by atoms with van der Waals surface area (Å²) in [5, 5.41) is 10.9. The zero-order chi connectivity index (χ0) is 26.0. The van der Waals surface area contributed by atoms with Gasteiger partial charge in [-0.1, -0.05) is 42.8 Å². The van der Waals surface area contributed by atoms with Crippen LogP contribution in [0.3, 0.4) is 0 Å². The molecule has 0 bridgehead atoms. The number of carboxylic acid groups (broad SMARTS) is 1. The molecule has 1 aliphatic heterocycles.